The molecular formula is C18H28N2O3. The highest BCUT2D eigenvalue weighted by atomic mass is 16.5. The number of nitrogens with one attached hydrogen (secondary N) is 1. The highest BCUT2D eigenvalue weighted by Crippen LogP contribution is 2.35. The van der Waals surface area contributed by atoms with Crippen LogP contribution in [0.25, 0.3) is 0 Å². The van der Waals surface area contributed by atoms with Crippen molar-refractivity contribution >= 4 is 5.91 Å². The first-order valence-electron chi connectivity index (χ1n) is 8.37. The highest BCUT2D eigenvalue weighted by molar-refractivity contribution is 5.77. The Balaban J connectivity index is 1.94. The summed E-state index contributed by atoms with van der Waals surface area (Å²) in [6.07, 6.45) is 3.09. The van der Waals surface area contributed by atoms with Crippen LogP contribution in [0.2, 0.25) is 0 Å². The van der Waals surface area contributed by atoms with E-state index in [0.29, 0.717) is 0 Å². The number of aliphatic hydroxyl groups excluding tert-OH is 1. The van der Waals surface area contributed by atoms with Gasteiger partial charge in [0.15, 0.2) is 6.61 Å². The van der Waals surface area contributed by atoms with Gasteiger partial charge in [-0.25, -0.2) is 0 Å². The normalized spacial score (nSPS) is 17.7. The molecule has 1 aromatic carbocycles. The number of para-hydroxylation sites is 1. The van der Waals surface area contributed by atoms with E-state index in [9.17, 15) is 9.90 Å². The number of piperidine rings is 1. The molecule has 0 spiro atoms. The smallest absolute Gasteiger partial charge is 0.257 e. The lowest BCUT2D eigenvalue weighted by molar-refractivity contribution is -0.122. The third-order valence-electron chi connectivity index (χ3n) is 5.01. The van der Waals surface area contributed by atoms with Crippen molar-refractivity contribution in [2.45, 2.75) is 32.7 Å². The summed E-state index contributed by atoms with van der Waals surface area (Å²) in [6, 6.07) is 7.88. The van der Waals surface area contributed by atoms with Gasteiger partial charge in [0.2, 0.25) is 0 Å². The Labute approximate surface area is 138 Å². The number of rotatable bonds is 7. The predicted octanol–water partition coefficient (Wildman–Crippen LogP) is 1.80. The average molecular weight is 320 g/mol. The molecule has 1 saturated heterocycles. The van der Waals surface area contributed by atoms with E-state index in [1.54, 1.807) is 7.05 Å². The second-order valence-electron chi connectivity index (χ2n) is 6.36. The van der Waals surface area contributed by atoms with Crippen LogP contribution in [0.1, 0.15) is 31.7 Å². The van der Waals surface area contributed by atoms with Gasteiger partial charge in [-0.2, -0.15) is 0 Å². The predicted molar refractivity (Wildman–Crippen MR) is 90.3 cm³/mol. The van der Waals surface area contributed by atoms with E-state index in [1.807, 2.05) is 24.3 Å². The van der Waals surface area contributed by atoms with Crippen LogP contribution in [-0.2, 0) is 11.3 Å². The van der Waals surface area contributed by atoms with Crippen LogP contribution in [0, 0.1) is 5.41 Å². The van der Waals surface area contributed by atoms with Crippen LogP contribution in [0.15, 0.2) is 24.3 Å². The molecule has 1 aliphatic rings. The molecule has 0 unspecified atom stereocenters. The molecular weight excluding hydrogens is 292 g/mol. The molecule has 1 heterocycles. The number of likely N-dealkylation sites (tertiary alicyclic amines) is 1. The molecule has 0 saturated carbocycles. The fourth-order valence-electron chi connectivity index (χ4n) is 3.04. The first-order valence-corrected chi connectivity index (χ1v) is 8.37. The highest BCUT2D eigenvalue weighted by Gasteiger charge is 2.32. The SMILES string of the molecule is CCC1(CO)CCN(Cc2ccccc2OCC(=O)NC)CC1. The molecule has 0 radical (unpaired) electrons. The van der Waals surface area contributed by atoms with E-state index in [0.717, 1.165) is 50.2 Å². The molecule has 1 aliphatic heterocycles. The van der Waals surface area contributed by atoms with Gasteiger partial charge in [0.25, 0.3) is 5.91 Å². The Morgan fingerprint density at radius 1 is 1.35 bits per heavy atom. The van der Waals surface area contributed by atoms with E-state index < -0.39 is 0 Å². The van der Waals surface area contributed by atoms with Gasteiger partial charge >= 0.3 is 0 Å². The van der Waals surface area contributed by atoms with Crippen molar-refractivity contribution in [2.24, 2.45) is 5.41 Å². The fourth-order valence-corrected chi connectivity index (χ4v) is 3.04. The number of benzene rings is 1. The van der Waals surface area contributed by atoms with E-state index in [4.69, 9.17) is 4.74 Å². The third-order valence-corrected chi connectivity index (χ3v) is 5.01. The summed E-state index contributed by atoms with van der Waals surface area (Å²) in [7, 11) is 1.60. The second kappa shape index (κ2) is 8.31. The molecule has 0 aliphatic carbocycles. The Bertz CT molecular complexity index is 505. The zero-order valence-electron chi connectivity index (χ0n) is 14.2. The summed E-state index contributed by atoms with van der Waals surface area (Å²) < 4.78 is 5.64. The van der Waals surface area contributed by atoms with E-state index in [1.165, 1.54) is 0 Å². The summed E-state index contributed by atoms with van der Waals surface area (Å²) in [4.78, 5) is 13.7. The Hall–Kier alpha value is -1.59. The second-order valence-corrected chi connectivity index (χ2v) is 6.36. The van der Waals surface area contributed by atoms with Gasteiger partial charge in [0.1, 0.15) is 5.75 Å². The first-order chi connectivity index (χ1) is 11.1. The minimum absolute atomic E-state index is 0.0387. The van der Waals surface area contributed by atoms with Crippen molar-refractivity contribution in [3.63, 3.8) is 0 Å². The van der Waals surface area contributed by atoms with Gasteiger partial charge < -0.3 is 15.2 Å². The summed E-state index contributed by atoms with van der Waals surface area (Å²) in [5.41, 5.74) is 1.20. The maximum atomic E-state index is 11.4. The van der Waals surface area contributed by atoms with Crippen molar-refractivity contribution in [1.29, 1.82) is 0 Å². The molecule has 2 N–H and O–H groups in total. The summed E-state index contributed by atoms with van der Waals surface area (Å²) in [5.74, 6) is 0.638. The number of nitrogens with zero attached hydrogens (tertiary/aromatic N) is 1. The van der Waals surface area contributed by atoms with E-state index in [2.05, 4.69) is 17.1 Å². The van der Waals surface area contributed by atoms with Gasteiger partial charge in [-0.15, -0.1) is 0 Å². The van der Waals surface area contributed by atoms with Crippen LogP contribution < -0.4 is 10.1 Å². The van der Waals surface area contributed by atoms with Gasteiger partial charge in [0, 0.05) is 25.8 Å². The molecule has 2 rings (SSSR count). The minimum atomic E-state index is -0.131. The molecule has 5 nitrogen and oxygen atoms in total. The Morgan fingerprint density at radius 2 is 2.04 bits per heavy atom. The number of hydrogen-bond acceptors (Lipinski definition) is 4. The number of amides is 1. The largest absolute Gasteiger partial charge is 0.483 e. The zero-order valence-corrected chi connectivity index (χ0v) is 14.2. The van der Waals surface area contributed by atoms with Crippen molar-refractivity contribution in [2.75, 3.05) is 33.4 Å². The topological polar surface area (TPSA) is 61.8 Å². The molecule has 1 fully saturated rings. The lowest BCUT2D eigenvalue weighted by atomic mass is 9.77. The number of ether oxygens (including phenoxy) is 1. The molecule has 23 heavy (non-hydrogen) atoms. The number of aliphatic hydroxyl groups is 1. The van der Waals surface area contributed by atoms with Crippen molar-refractivity contribution in [1.82, 2.24) is 10.2 Å². The molecule has 128 valence electrons. The Morgan fingerprint density at radius 3 is 2.65 bits per heavy atom. The van der Waals surface area contributed by atoms with Gasteiger partial charge in [-0.3, -0.25) is 9.69 Å². The van der Waals surface area contributed by atoms with Gasteiger partial charge in [-0.05, 0) is 43.8 Å². The quantitative estimate of drug-likeness (QED) is 0.804. The monoisotopic (exact) mass is 320 g/mol. The number of carbonyl (C=O) groups is 1. The summed E-state index contributed by atoms with van der Waals surface area (Å²) >= 11 is 0. The standard InChI is InChI=1S/C18H28N2O3/c1-3-18(14-21)8-10-20(11-9-18)12-15-6-4-5-7-16(15)23-13-17(22)19-2/h4-7,21H,3,8-14H2,1-2H3,(H,19,22). The maximum absolute atomic E-state index is 11.4. The molecule has 0 bridgehead atoms. The lowest BCUT2D eigenvalue weighted by Gasteiger charge is -2.40. The molecule has 5 heteroatoms. The number of hydrogen-bond donors (Lipinski definition) is 2. The van der Waals surface area contributed by atoms with E-state index >= 15 is 0 Å². The molecule has 0 aromatic heterocycles. The third kappa shape index (κ3) is 4.69. The van der Waals surface area contributed by atoms with Crippen molar-refractivity contribution in [3.05, 3.63) is 29.8 Å². The van der Waals surface area contributed by atoms with Crippen LogP contribution >= 0.6 is 0 Å². The van der Waals surface area contributed by atoms with Gasteiger partial charge in [-0.1, -0.05) is 25.1 Å². The van der Waals surface area contributed by atoms with Crippen LogP contribution in [0.3, 0.4) is 0 Å². The van der Waals surface area contributed by atoms with Crippen LogP contribution in [-0.4, -0.2) is 49.3 Å². The lowest BCUT2D eigenvalue weighted by Crippen LogP contribution is -2.41. The van der Waals surface area contributed by atoms with Crippen LogP contribution in [0.4, 0.5) is 0 Å². The summed E-state index contributed by atoms with van der Waals surface area (Å²) in [6.45, 7) is 5.26. The van der Waals surface area contributed by atoms with Gasteiger partial charge in [0.05, 0.1) is 0 Å². The van der Waals surface area contributed by atoms with E-state index in [-0.39, 0.29) is 24.5 Å². The van der Waals surface area contributed by atoms with Crippen molar-refractivity contribution < 1.29 is 14.6 Å². The van der Waals surface area contributed by atoms with Crippen molar-refractivity contribution in [3.8, 4) is 5.75 Å². The Kier molecular flexibility index (Phi) is 6.42. The average Bonchev–Trinajstić information content (AvgIpc) is 2.61. The van der Waals surface area contributed by atoms with Crippen LogP contribution in [0.5, 0.6) is 5.75 Å². The number of carbonyl (C=O) groups excluding carboxylic acids is 1. The minimum Gasteiger partial charge on any atom is -0.483 e. The maximum Gasteiger partial charge on any atom is 0.257 e. The molecule has 1 aromatic rings. The summed E-state index contributed by atoms with van der Waals surface area (Å²) in [5, 5.41) is 12.2. The fraction of sp³-hybridized carbons (Fsp3) is 0.611. The molecule has 1 amide bonds. The number of likely N-dealkylation sites (N-methyl/N-ethyl adjacent to an activating group) is 1. The first kappa shape index (κ1) is 17.8. The molecule has 0 atom stereocenters. The zero-order chi connectivity index (χ0) is 16.7.